The van der Waals surface area contributed by atoms with Crippen LogP contribution in [0.3, 0.4) is 0 Å². The fourth-order valence-corrected chi connectivity index (χ4v) is 2.55. The first-order valence-electron chi connectivity index (χ1n) is 8.30. The van der Waals surface area contributed by atoms with Gasteiger partial charge in [0.2, 0.25) is 0 Å². The van der Waals surface area contributed by atoms with Gasteiger partial charge < -0.3 is 9.47 Å². The molecule has 2 aromatic carbocycles. The van der Waals surface area contributed by atoms with Crippen molar-refractivity contribution in [3.8, 4) is 11.5 Å². The van der Waals surface area contributed by atoms with Crippen LogP contribution >= 0.6 is 23.2 Å². The Kier molecular flexibility index (Phi) is 7.63. The molecule has 0 aliphatic carbocycles. The highest BCUT2D eigenvalue weighted by Crippen LogP contribution is 2.28. The Morgan fingerprint density at radius 3 is 2.07 bits per heavy atom. The summed E-state index contributed by atoms with van der Waals surface area (Å²) in [5.41, 5.74) is 4.09. The highest BCUT2D eigenvalue weighted by Gasteiger charge is 2.22. The van der Waals surface area contributed by atoms with Crippen molar-refractivity contribution in [3.05, 3.63) is 62.6 Å². The molecule has 0 bridgehead atoms. The molecule has 0 aliphatic rings. The summed E-state index contributed by atoms with van der Waals surface area (Å²) in [6.07, 6.45) is -2.10. The van der Waals surface area contributed by atoms with Crippen LogP contribution in [0.25, 0.3) is 0 Å². The predicted molar refractivity (Wildman–Crippen MR) is 106 cm³/mol. The summed E-state index contributed by atoms with van der Waals surface area (Å²) in [6, 6.07) is 10.2. The van der Waals surface area contributed by atoms with E-state index in [1.165, 1.54) is 50.2 Å². The lowest BCUT2D eigenvalue weighted by atomic mass is 10.3. The number of carbonyl (C=O) groups is 2. The minimum Gasteiger partial charge on any atom is -0.479 e. The number of hydrogen-bond donors (Lipinski definition) is 2. The number of ether oxygens (including phenoxy) is 2. The van der Waals surface area contributed by atoms with Crippen molar-refractivity contribution < 1.29 is 24.0 Å². The predicted octanol–water partition coefficient (Wildman–Crippen LogP) is 3.28. The number of amides is 2. The zero-order valence-electron chi connectivity index (χ0n) is 15.3. The van der Waals surface area contributed by atoms with Crippen molar-refractivity contribution in [3.63, 3.8) is 0 Å². The van der Waals surface area contributed by atoms with E-state index < -0.39 is 28.9 Å². The van der Waals surface area contributed by atoms with Gasteiger partial charge in [0, 0.05) is 11.1 Å². The van der Waals surface area contributed by atoms with Gasteiger partial charge in [-0.1, -0.05) is 35.3 Å². The first kappa shape index (κ1) is 22.3. The number of nitro benzene ring substituents is 1. The second kappa shape index (κ2) is 9.94. The summed E-state index contributed by atoms with van der Waals surface area (Å²) < 4.78 is 10.7. The molecule has 2 rings (SSSR count). The van der Waals surface area contributed by atoms with E-state index in [4.69, 9.17) is 32.7 Å². The Balaban J connectivity index is 1.89. The Bertz CT molecular complexity index is 924. The monoisotopic (exact) mass is 441 g/mol. The zero-order valence-corrected chi connectivity index (χ0v) is 16.9. The summed E-state index contributed by atoms with van der Waals surface area (Å²) in [6.45, 7) is 2.84. The van der Waals surface area contributed by atoms with E-state index in [0.29, 0.717) is 5.02 Å². The van der Waals surface area contributed by atoms with Crippen LogP contribution in [0.5, 0.6) is 11.5 Å². The average Bonchev–Trinajstić information content (AvgIpc) is 2.68. The minimum absolute atomic E-state index is 0.0689. The summed E-state index contributed by atoms with van der Waals surface area (Å²) in [4.78, 5) is 34.6. The minimum atomic E-state index is -1.11. The lowest BCUT2D eigenvalue weighted by Crippen LogP contribution is -2.50. The molecule has 0 aromatic heterocycles. The van der Waals surface area contributed by atoms with Crippen molar-refractivity contribution in [2.75, 3.05) is 0 Å². The normalized spacial score (nSPS) is 12.4. The third-order valence-electron chi connectivity index (χ3n) is 3.61. The van der Waals surface area contributed by atoms with Crippen molar-refractivity contribution in [1.82, 2.24) is 10.9 Å². The number of rotatable bonds is 7. The molecule has 2 aromatic rings. The Labute approximate surface area is 176 Å². The van der Waals surface area contributed by atoms with Gasteiger partial charge in [-0.05, 0) is 38.1 Å². The Morgan fingerprint density at radius 2 is 1.52 bits per heavy atom. The first-order valence-corrected chi connectivity index (χ1v) is 9.06. The molecule has 0 radical (unpaired) electrons. The maximum atomic E-state index is 12.1. The van der Waals surface area contributed by atoms with E-state index in [9.17, 15) is 19.7 Å². The summed E-state index contributed by atoms with van der Waals surface area (Å²) in [5.74, 6) is -1.19. The third kappa shape index (κ3) is 6.23. The maximum Gasteiger partial charge on any atom is 0.310 e. The standard InChI is InChI=1S/C18H17Cl2N3O6/c1-10(28-15-8-7-12(19)9-13(15)20)17(24)21-22-18(25)11(2)29-16-6-4-3-5-14(16)23(26)27/h3-11H,1-2H3,(H,21,24)(H,22,25). The molecule has 0 aliphatic heterocycles. The van der Waals surface area contributed by atoms with Gasteiger partial charge in [-0.15, -0.1) is 0 Å². The Morgan fingerprint density at radius 1 is 0.966 bits per heavy atom. The number of halogens is 2. The molecule has 2 amide bonds. The highest BCUT2D eigenvalue weighted by molar-refractivity contribution is 6.35. The van der Waals surface area contributed by atoms with Crippen LogP contribution in [-0.4, -0.2) is 28.9 Å². The number of hydrogen-bond acceptors (Lipinski definition) is 6. The molecule has 11 heteroatoms. The van der Waals surface area contributed by atoms with Crippen LogP contribution in [-0.2, 0) is 9.59 Å². The topological polar surface area (TPSA) is 120 Å². The fraction of sp³-hybridized carbons (Fsp3) is 0.222. The lowest BCUT2D eigenvalue weighted by Gasteiger charge is -2.18. The summed E-state index contributed by atoms with van der Waals surface area (Å²) in [7, 11) is 0. The molecule has 2 unspecified atom stereocenters. The van der Waals surface area contributed by atoms with Gasteiger partial charge in [0.25, 0.3) is 11.8 Å². The van der Waals surface area contributed by atoms with E-state index >= 15 is 0 Å². The van der Waals surface area contributed by atoms with Gasteiger partial charge in [-0.2, -0.15) is 0 Å². The number of benzene rings is 2. The number of hydrazine groups is 1. The summed E-state index contributed by atoms with van der Waals surface area (Å²) in [5, 5.41) is 11.6. The van der Waals surface area contributed by atoms with Gasteiger partial charge >= 0.3 is 5.69 Å². The number of nitro groups is 1. The molecule has 9 nitrogen and oxygen atoms in total. The maximum absolute atomic E-state index is 12.1. The number of para-hydroxylation sites is 2. The van der Waals surface area contributed by atoms with E-state index in [1.807, 2.05) is 0 Å². The van der Waals surface area contributed by atoms with E-state index in [1.54, 1.807) is 6.07 Å². The molecule has 0 spiro atoms. The van der Waals surface area contributed by atoms with Crippen LogP contribution in [0, 0.1) is 10.1 Å². The van der Waals surface area contributed by atoms with Gasteiger partial charge in [0.1, 0.15) is 5.75 Å². The largest absolute Gasteiger partial charge is 0.479 e. The molecule has 0 saturated carbocycles. The van der Waals surface area contributed by atoms with Gasteiger partial charge in [0.05, 0.1) is 9.95 Å². The number of carbonyl (C=O) groups excluding carboxylic acids is 2. The molecule has 29 heavy (non-hydrogen) atoms. The van der Waals surface area contributed by atoms with Crippen LogP contribution in [0.2, 0.25) is 10.0 Å². The molecule has 0 saturated heterocycles. The highest BCUT2D eigenvalue weighted by atomic mass is 35.5. The third-order valence-corrected chi connectivity index (χ3v) is 4.14. The fourth-order valence-electron chi connectivity index (χ4n) is 2.09. The second-order valence-corrected chi connectivity index (χ2v) is 6.64. The Hall–Kier alpha value is -3.04. The average molecular weight is 442 g/mol. The molecule has 2 N–H and O–H groups in total. The molecule has 154 valence electrons. The SMILES string of the molecule is CC(Oc1ccc(Cl)cc1Cl)C(=O)NNC(=O)C(C)Oc1ccccc1[N+](=O)[O-]. The molecular formula is C18H17Cl2N3O6. The van der Waals surface area contributed by atoms with E-state index in [2.05, 4.69) is 10.9 Å². The van der Waals surface area contributed by atoms with Crippen molar-refractivity contribution >= 4 is 40.7 Å². The van der Waals surface area contributed by atoms with Crippen molar-refractivity contribution in [1.29, 1.82) is 0 Å². The lowest BCUT2D eigenvalue weighted by molar-refractivity contribution is -0.386. The van der Waals surface area contributed by atoms with Gasteiger partial charge in [-0.3, -0.25) is 30.6 Å². The van der Waals surface area contributed by atoms with E-state index in [-0.39, 0.29) is 22.2 Å². The second-order valence-electron chi connectivity index (χ2n) is 5.80. The molecule has 0 heterocycles. The smallest absolute Gasteiger partial charge is 0.310 e. The first-order chi connectivity index (χ1) is 13.7. The van der Waals surface area contributed by atoms with Crippen LogP contribution < -0.4 is 20.3 Å². The van der Waals surface area contributed by atoms with Crippen LogP contribution in [0.4, 0.5) is 5.69 Å². The number of nitrogens with one attached hydrogen (secondary N) is 2. The zero-order chi connectivity index (χ0) is 21.6. The number of nitrogens with zero attached hydrogens (tertiary/aromatic N) is 1. The van der Waals surface area contributed by atoms with Crippen molar-refractivity contribution in [2.45, 2.75) is 26.1 Å². The van der Waals surface area contributed by atoms with Crippen LogP contribution in [0.15, 0.2) is 42.5 Å². The van der Waals surface area contributed by atoms with Crippen LogP contribution in [0.1, 0.15) is 13.8 Å². The summed E-state index contributed by atoms with van der Waals surface area (Å²) >= 11 is 11.8. The quantitative estimate of drug-likeness (QED) is 0.502. The van der Waals surface area contributed by atoms with Gasteiger partial charge in [0.15, 0.2) is 18.0 Å². The van der Waals surface area contributed by atoms with Crippen molar-refractivity contribution in [2.24, 2.45) is 0 Å². The molecule has 2 atom stereocenters. The van der Waals surface area contributed by atoms with E-state index in [0.717, 1.165) is 0 Å². The molecular weight excluding hydrogens is 425 g/mol. The molecule has 0 fully saturated rings. The van der Waals surface area contributed by atoms with Gasteiger partial charge in [-0.25, -0.2) is 0 Å².